The first-order chi connectivity index (χ1) is 9.97. The lowest BCUT2D eigenvalue weighted by molar-refractivity contribution is 0.182. The van der Waals surface area contributed by atoms with Crippen molar-refractivity contribution in [2.75, 3.05) is 24.8 Å². The summed E-state index contributed by atoms with van der Waals surface area (Å²) in [6, 6.07) is -0.0115. The van der Waals surface area contributed by atoms with Crippen LogP contribution in [0.1, 0.15) is 33.1 Å². The molecular formula is C14H26N4O3. The van der Waals surface area contributed by atoms with Crippen LogP contribution in [0.15, 0.2) is 9.59 Å². The first kappa shape index (κ1) is 17.3. The number of nitrogens with one attached hydrogen (secondary N) is 1. The minimum absolute atomic E-state index is 0.0115. The predicted molar refractivity (Wildman–Crippen MR) is 84.8 cm³/mol. The summed E-state index contributed by atoms with van der Waals surface area (Å²) in [5.74, 6) is 0.196. The zero-order valence-electron chi connectivity index (χ0n) is 13.3. The fraction of sp³-hybridized carbons (Fsp3) is 0.714. The second-order valence-corrected chi connectivity index (χ2v) is 5.14. The quantitative estimate of drug-likeness (QED) is 0.739. The van der Waals surface area contributed by atoms with Gasteiger partial charge in [0.05, 0.1) is 6.61 Å². The molecule has 1 heterocycles. The number of nitrogens with zero attached hydrogens (tertiary/aromatic N) is 2. The van der Waals surface area contributed by atoms with Gasteiger partial charge in [-0.2, -0.15) is 0 Å². The fourth-order valence-electron chi connectivity index (χ4n) is 2.31. The SMILES string of the molecule is CCCC(COC)Nc1c(N)n(CCC)c(=O)n(C)c1=O. The van der Waals surface area contributed by atoms with Crippen LogP contribution < -0.4 is 22.3 Å². The molecule has 21 heavy (non-hydrogen) atoms. The van der Waals surface area contributed by atoms with Crippen molar-refractivity contribution in [2.45, 2.75) is 45.7 Å². The third kappa shape index (κ3) is 3.87. The molecule has 1 unspecified atom stereocenters. The highest BCUT2D eigenvalue weighted by atomic mass is 16.5. The summed E-state index contributed by atoms with van der Waals surface area (Å²) in [7, 11) is 3.08. The molecule has 0 aliphatic carbocycles. The van der Waals surface area contributed by atoms with Crippen molar-refractivity contribution in [1.82, 2.24) is 9.13 Å². The van der Waals surface area contributed by atoms with Gasteiger partial charge in [0, 0.05) is 26.7 Å². The smallest absolute Gasteiger partial charge is 0.332 e. The van der Waals surface area contributed by atoms with Crippen molar-refractivity contribution in [3.8, 4) is 0 Å². The molecule has 0 fully saturated rings. The zero-order chi connectivity index (χ0) is 16.0. The Morgan fingerprint density at radius 3 is 2.48 bits per heavy atom. The first-order valence-electron chi connectivity index (χ1n) is 7.32. The van der Waals surface area contributed by atoms with Crippen LogP contribution in [0.4, 0.5) is 11.5 Å². The molecule has 0 saturated carbocycles. The predicted octanol–water partition coefficient (Wildman–Crippen LogP) is 0.766. The standard InChI is InChI=1S/C14H26N4O3/c1-5-7-10(9-21-4)16-11-12(15)18(8-6-2)14(20)17(3)13(11)19/h10,16H,5-9,15H2,1-4H3. The van der Waals surface area contributed by atoms with Gasteiger partial charge < -0.3 is 15.8 Å². The zero-order valence-corrected chi connectivity index (χ0v) is 13.3. The van der Waals surface area contributed by atoms with Crippen LogP contribution in [0.5, 0.6) is 0 Å². The Balaban J connectivity index is 3.28. The molecule has 0 saturated heterocycles. The highest BCUT2D eigenvalue weighted by molar-refractivity contribution is 5.61. The summed E-state index contributed by atoms with van der Waals surface area (Å²) < 4.78 is 7.68. The van der Waals surface area contributed by atoms with E-state index in [0.717, 1.165) is 23.8 Å². The number of rotatable bonds is 8. The Kier molecular flexibility index (Phi) is 6.48. The lowest BCUT2D eigenvalue weighted by Crippen LogP contribution is -2.42. The summed E-state index contributed by atoms with van der Waals surface area (Å²) in [5.41, 5.74) is 5.52. The van der Waals surface area contributed by atoms with E-state index in [1.165, 1.54) is 11.6 Å². The molecule has 3 N–H and O–H groups in total. The molecule has 7 heteroatoms. The van der Waals surface area contributed by atoms with E-state index < -0.39 is 5.56 Å². The number of hydrogen-bond donors (Lipinski definition) is 2. The van der Waals surface area contributed by atoms with Crippen molar-refractivity contribution in [1.29, 1.82) is 0 Å². The number of aromatic nitrogens is 2. The monoisotopic (exact) mass is 298 g/mol. The van der Waals surface area contributed by atoms with E-state index in [-0.39, 0.29) is 23.2 Å². The van der Waals surface area contributed by atoms with Crippen molar-refractivity contribution in [3.05, 3.63) is 20.8 Å². The number of methoxy groups -OCH3 is 1. The van der Waals surface area contributed by atoms with Gasteiger partial charge in [0.25, 0.3) is 5.56 Å². The minimum atomic E-state index is -0.401. The Bertz CT molecular complexity index is 571. The highest BCUT2D eigenvalue weighted by Crippen LogP contribution is 2.14. The summed E-state index contributed by atoms with van der Waals surface area (Å²) in [6.07, 6.45) is 2.57. The van der Waals surface area contributed by atoms with E-state index >= 15 is 0 Å². The molecule has 1 rings (SSSR count). The van der Waals surface area contributed by atoms with Crippen molar-refractivity contribution in [3.63, 3.8) is 0 Å². The molecule has 1 atom stereocenters. The molecular weight excluding hydrogens is 272 g/mol. The molecule has 0 aromatic carbocycles. The van der Waals surface area contributed by atoms with Gasteiger partial charge in [-0.25, -0.2) is 4.79 Å². The molecule has 0 aliphatic heterocycles. The molecule has 0 radical (unpaired) electrons. The largest absolute Gasteiger partial charge is 0.383 e. The van der Waals surface area contributed by atoms with E-state index in [0.29, 0.717) is 13.2 Å². The molecule has 7 nitrogen and oxygen atoms in total. The van der Waals surface area contributed by atoms with Gasteiger partial charge in [0.2, 0.25) is 0 Å². The number of nitrogens with two attached hydrogens (primary N) is 1. The van der Waals surface area contributed by atoms with Crippen molar-refractivity contribution in [2.24, 2.45) is 7.05 Å². The summed E-state index contributed by atoms with van der Waals surface area (Å²) >= 11 is 0. The van der Waals surface area contributed by atoms with Crippen LogP contribution in [0.2, 0.25) is 0 Å². The topological polar surface area (TPSA) is 91.3 Å². The number of hydrogen-bond acceptors (Lipinski definition) is 5. The van der Waals surface area contributed by atoms with Gasteiger partial charge in [-0.15, -0.1) is 0 Å². The van der Waals surface area contributed by atoms with Crippen LogP contribution >= 0.6 is 0 Å². The Morgan fingerprint density at radius 1 is 1.29 bits per heavy atom. The minimum Gasteiger partial charge on any atom is -0.383 e. The van der Waals surface area contributed by atoms with Crippen LogP contribution in [0.3, 0.4) is 0 Å². The van der Waals surface area contributed by atoms with E-state index in [9.17, 15) is 9.59 Å². The van der Waals surface area contributed by atoms with Gasteiger partial charge in [-0.1, -0.05) is 20.3 Å². The normalized spacial score (nSPS) is 12.4. The lowest BCUT2D eigenvalue weighted by Gasteiger charge is -2.21. The summed E-state index contributed by atoms with van der Waals surface area (Å²) in [6.45, 7) is 4.97. The Hall–Kier alpha value is -1.76. The number of anilines is 2. The molecule has 120 valence electrons. The van der Waals surface area contributed by atoms with Gasteiger partial charge in [0.1, 0.15) is 11.5 Å². The van der Waals surface area contributed by atoms with Crippen molar-refractivity contribution >= 4 is 11.5 Å². The first-order valence-corrected chi connectivity index (χ1v) is 7.32. The van der Waals surface area contributed by atoms with E-state index in [1.54, 1.807) is 7.11 Å². The fourth-order valence-corrected chi connectivity index (χ4v) is 2.31. The number of ether oxygens (including phenoxy) is 1. The second-order valence-electron chi connectivity index (χ2n) is 5.14. The third-order valence-corrected chi connectivity index (χ3v) is 3.38. The molecule has 0 spiro atoms. The molecule has 1 aromatic heterocycles. The van der Waals surface area contributed by atoms with Crippen molar-refractivity contribution < 1.29 is 4.74 Å². The van der Waals surface area contributed by atoms with Crippen LogP contribution in [0, 0.1) is 0 Å². The maximum Gasteiger partial charge on any atom is 0.332 e. The van der Waals surface area contributed by atoms with Crippen LogP contribution in [0.25, 0.3) is 0 Å². The van der Waals surface area contributed by atoms with Crippen LogP contribution in [-0.2, 0) is 18.3 Å². The summed E-state index contributed by atoms with van der Waals surface area (Å²) in [4.78, 5) is 24.4. The summed E-state index contributed by atoms with van der Waals surface area (Å²) in [5, 5.41) is 3.14. The van der Waals surface area contributed by atoms with Gasteiger partial charge >= 0.3 is 5.69 Å². The second kappa shape index (κ2) is 7.87. The van der Waals surface area contributed by atoms with Gasteiger partial charge in [-0.3, -0.25) is 13.9 Å². The average molecular weight is 298 g/mol. The van der Waals surface area contributed by atoms with Gasteiger partial charge in [-0.05, 0) is 12.8 Å². The molecule has 0 bridgehead atoms. The lowest BCUT2D eigenvalue weighted by atomic mass is 10.1. The molecule has 0 amide bonds. The van der Waals surface area contributed by atoms with E-state index in [4.69, 9.17) is 10.5 Å². The van der Waals surface area contributed by atoms with E-state index in [1.807, 2.05) is 6.92 Å². The highest BCUT2D eigenvalue weighted by Gasteiger charge is 2.18. The Morgan fingerprint density at radius 2 is 1.95 bits per heavy atom. The third-order valence-electron chi connectivity index (χ3n) is 3.38. The molecule has 0 aliphatic rings. The van der Waals surface area contributed by atoms with E-state index in [2.05, 4.69) is 12.2 Å². The Labute approximate surface area is 124 Å². The number of nitrogen functional groups attached to an aromatic ring is 1. The van der Waals surface area contributed by atoms with Crippen LogP contribution in [-0.4, -0.2) is 28.9 Å². The maximum absolute atomic E-state index is 12.3. The average Bonchev–Trinajstić information content (AvgIpc) is 2.46. The molecule has 1 aromatic rings. The van der Waals surface area contributed by atoms with Gasteiger partial charge in [0.15, 0.2) is 0 Å². The maximum atomic E-state index is 12.3.